The van der Waals surface area contributed by atoms with Crippen molar-refractivity contribution in [2.45, 2.75) is 6.42 Å². The molecule has 0 heterocycles. The highest BCUT2D eigenvalue weighted by Gasteiger charge is 2.22. The molecule has 0 aromatic heterocycles. The first-order valence-corrected chi connectivity index (χ1v) is 10.9. The number of non-ortho nitro benzene ring substituents is 1. The Labute approximate surface area is 210 Å². The smallest absolute Gasteiger partial charge is 0.318 e. The molecule has 0 bridgehead atoms. The minimum atomic E-state index is -0.767. The van der Waals surface area contributed by atoms with Crippen molar-refractivity contribution in [1.29, 1.82) is 0 Å². The van der Waals surface area contributed by atoms with Crippen LogP contribution in [0, 0.1) is 20.2 Å². The minimum absolute atomic E-state index is 0.150. The van der Waals surface area contributed by atoms with E-state index in [1.165, 1.54) is 19.4 Å². The van der Waals surface area contributed by atoms with E-state index in [1.807, 2.05) is 42.5 Å². The molecule has 4 aromatic rings. The van der Waals surface area contributed by atoms with Crippen molar-refractivity contribution in [3.05, 3.63) is 110 Å². The Hall–Kier alpha value is -5.32. The third kappa shape index (κ3) is 5.85. The molecule has 4 rings (SSSR count). The topological polar surface area (TPSA) is 146 Å². The second-order valence-corrected chi connectivity index (χ2v) is 7.79. The van der Waals surface area contributed by atoms with Crippen LogP contribution in [0.25, 0.3) is 10.8 Å². The summed E-state index contributed by atoms with van der Waals surface area (Å²) in [7, 11) is 1.39. The van der Waals surface area contributed by atoms with E-state index in [9.17, 15) is 25.0 Å². The summed E-state index contributed by atoms with van der Waals surface area (Å²) in [4.78, 5) is 33.2. The molecule has 0 aliphatic carbocycles. The van der Waals surface area contributed by atoms with Gasteiger partial charge in [0.15, 0.2) is 11.5 Å². The molecule has 0 unspecified atom stereocenters. The summed E-state index contributed by atoms with van der Waals surface area (Å²) in [5, 5.41) is 28.3. The van der Waals surface area contributed by atoms with Gasteiger partial charge in [0.05, 0.1) is 35.7 Å². The number of rotatable bonds is 9. The van der Waals surface area contributed by atoms with E-state index >= 15 is 0 Å². The first-order chi connectivity index (χ1) is 17.9. The summed E-state index contributed by atoms with van der Waals surface area (Å²) in [5.41, 5.74) is 2.96. The van der Waals surface area contributed by atoms with Crippen LogP contribution < -0.4 is 14.9 Å². The number of fused-ring (bicyclic) bond motifs is 1. The molecule has 11 nitrogen and oxygen atoms in total. The van der Waals surface area contributed by atoms with Crippen molar-refractivity contribution in [1.82, 2.24) is 5.43 Å². The molecule has 186 valence electrons. The van der Waals surface area contributed by atoms with Crippen LogP contribution in [0.15, 0.2) is 84.0 Å². The molecule has 0 saturated carbocycles. The number of nitro benzene ring substituents is 2. The van der Waals surface area contributed by atoms with Gasteiger partial charge in [-0.2, -0.15) is 5.10 Å². The highest BCUT2D eigenvalue weighted by atomic mass is 16.6. The summed E-state index contributed by atoms with van der Waals surface area (Å²) < 4.78 is 10.9. The Balaban J connectivity index is 1.45. The van der Waals surface area contributed by atoms with E-state index < -0.39 is 21.2 Å². The molecule has 0 aliphatic rings. The molecule has 0 fully saturated rings. The van der Waals surface area contributed by atoms with Gasteiger partial charge in [-0.15, -0.1) is 0 Å². The summed E-state index contributed by atoms with van der Waals surface area (Å²) in [6.45, 7) is 0. The molecular weight excluding hydrogens is 480 g/mol. The molecule has 1 amide bonds. The lowest BCUT2D eigenvalue weighted by Crippen LogP contribution is -2.19. The summed E-state index contributed by atoms with van der Waals surface area (Å²) in [6.07, 6.45) is 1.57. The van der Waals surface area contributed by atoms with Gasteiger partial charge in [-0.25, -0.2) is 5.43 Å². The fourth-order valence-electron chi connectivity index (χ4n) is 3.65. The van der Waals surface area contributed by atoms with Crippen LogP contribution in [-0.2, 0) is 11.2 Å². The summed E-state index contributed by atoms with van der Waals surface area (Å²) in [5.74, 6) is -0.0868. The van der Waals surface area contributed by atoms with Crippen molar-refractivity contribution in [3.63, 3.8) is 0 Å². The number of hydrazone groups is 1. The minimum Gasteiger partial charge on any atom is -0.493 e. The van der Waals surface area contributed by atoms with Crippen LogP contribution >= 0.6 is 0 Å². The molecule has 0 atom stereocenters. The SMILES string of the molecule is COc1cc(/C=N\NC(=O)Cc2cccc3ccccc23)ccc1Oc1ccc([N+](=O)[O-])cc1[N+](=O)[O-]. The fraction of sp³-hybridized carbons (Fsp3) is 0.0769. The van der Waals surface area contributed by atoms with E-state index in [-0.39, 0.29) is 29.6 Å². The molecule has 11 heteroatoms. The van der Waals surface area contributed by atoms with Crippen molar-refractivity contribution in [3.8, 4) is 17.2 Å². The molecule has 1 N–H and O–H groups in total. The molecule has 0 radical (unpaired) electrons. The van der Waals surface area contributed by atoms with Crippen molar-refractivity contribution < 1.29 is 24.1 Å². The Morgan fingerprint density at radius 2 is 1.68 bits per heavy atom. The molecule has 0 spiro atoms. The van der Waals surface area contributed by atoms with Gasteiger partial charge in [-0.05, 0) is 46.2 Å². The largest absolute Gasteiger partial charge is 0.493 e. The maximum Gasteiger partial charge on any atom is 0.318 e. The van der Waals surface area contributed by atoms with Crippen LogP contribution in [0.2, 0.25) is 0 Å². The predicted molar refractivity (Wildman–Crippen MR) is 136 cm³/mol. The van der Waals surface area contributed by atoms with Crippen LogP contribution in [0.1, 0.15) is 11.1 Å². The van der Waals surface area contributed by atoms with Crippen LogP contribution in [-0.4, -0.2) is 29.1 Å². The quantitative estimate of drug-likeness (QED) is 0.190. The third-order valence-corrected chi connectivity index (χ3v) is 5.39. The standard InChI is InChI=1S/C26H20N4O7/c1-36-25-13-17(9-11-24(25)37-23-12-10-20(29(32)33)15-22(23)30(34)35)16-27-28-26(31)14-19-7-4-6-18-5-2-3-8-21(18)19/h2-13,15-16H,14H2,1H3,(H,28,31)/b27-16-. The fourth-order valence-corrected chi connectivity index (χ4v) is 3.65. The van der Waals surface area contributed by atoms with Gasteiger partial charge in [0.2, 0.25) is 11.7 Å². The second kappa shape index (κ2) is 11.0. The number of ether oxygens (including phenoxy) is 2. The number of hydrogen-bond donors (Lipinski definition) is 1. The monoisotopic (exact) mass is 500 g/mol. The molecule has 0 saturated heterocycles. The number of nitrogens with one attached hydrogen (secondary N) is 1. The van der Waals surface area contributed by atoms with Gasteiger partial charge >= 0.3 is 5.69 Å². The Bertz CT molecular complexity index is 1530. The molecule has 0 aliphatic heterocycles. The van der Waals surface area contributed by atoms with Gasteiger partial charge in [-0.3, -0.25) is 25.0 Å². The Kier molecular flexibility index (Phi) is 7.34. The number of nitrogens with zero attached hydrogens (tertiary/aromatic N) is 3. The lowest BCUT2D eigenvalue weighted by Gasteiger charge is -2.11. The first-order valence-electron chi connectivity index (χ1n) is 10.9. The van der Waals surface area contributed by atoms with Gasteiger partial charge < -0.3 is 9.47 Å². The predicted octanol–water partition coefficient (Wildman–Crippen LogP) is 5.15. The number of carbonyl (C=O) groups excluding carboxylic acids is 1. The normalized spacial score (nSPS) is 10.8. The van der Waals surface area contributed by atoms with Gasteiger partial charge in [0.1, 0.15) is 0 Å². The van der Waals surface area contributed by atoms with Gasteiger partial charge in [0, 0.05) is 6.07 Å². The van der Waals surface area contributed by atoms with E-state index in [4.69, 9.17) is 9.47 Å². The Morgan fingerprint density at radius 3 is 2.43 bits per heavy atom. The van der Waals surface area contributed by atoms with E-state index in [1.54, 1.807) is 12.1 Å². The second-order valence-electron chi connectivity index (χ2n) is 7.79. The van der Waals surface area contributed by atoms with Crippen molar-refractivity contribution in [2.24, 2.45) is 5.10 Å². The van der Waals surface area contributed by atoms with Crippen molar-refractivity contribution in [2.75, 3.05) is 7.11 Å². The number of nitro groups is 2. The molecule has 37 heavy (non-hydrogen) atoms. The molecular formula is C26H20N4O7. The summed E-state index contributed by atoms with van der Waals surface area (Å²) >= 11 is 0. The highest BCUT2D eigenvalue weighted by Crippen LogP contribution is 2.38. The highest BCUT2D eigenvalue weighted by molar-refractivity contribution is 5.90. The number of methoxy groups -OCH3 is 1. The van der Waals surface area contributed by atoms with E-state index in [2.05, 4.69) is 10.5 Å². The lowest BCUT2D eigenvalue weighted by molar-refractivity contribution is -0.394. The van der Waals surface area contributed by atoms with Crippen molar-refractivity contribution >= 4 is 34.3 Å². The maximum atomic E-state index is 12.4. The zero-order valence-corrected chi connectivity index (χ0v) is 19.5. The summed E-state index contributed by atoms with van der Waals surface area (Å²) in [6, 6.07) is 21.3. The van der Waals surface area contributed by atoms with Gasteiger partial charge in [0.25, 0.3) is 5.69 Å². The number of hydrogen-bond acceptors (Lipinski definition) is 8. The number of carbonyl (C=O) groups is 1. The zero-order chi connectivity index (χ0) is 26.4. The van der Waals surface area contributed by atoms with E-state index in [0.717, 1.165) is 34.5 Å². The lowest BCUT2D eigenvalue weighted by atomic mass is 10.0. The number of benzene rings is 4. The zero-order valence-electron chi connectivity index (χ0n) is 19.5. The Morgan fingerprint density at radius 1 is 0.919 bits per heavy atom. The third-order valence-electron chi connectivity index (χ3n) is 5.39. The maximum absolute atomic E-state index is 12.4. The van der Waals surface area contributed by atoms with E-state index in [0.29, 0.717) is 5.56 Å². The van der Waals surface area contributed by atoms with Gasteiger partial charge in [-0.1, -0.05) is 42.5 Å². The van der Waals surface area contributed by atoms with Crippen LogP contribution in [0.5, 0.6) is 17.2 Å². The number of amides is 1. The average molecular weight is 500 g/mol. The average Bonchev–Trinajstić information content (AvgIpc) is 2.89. The van der Waals surface area contributed by atoms with Crippen LogP contribution in [0.4, 0.5) is 11.4 Å². The molecule has 4 aromatic carbocycles. The van der Waals surface area contributed by atoms with Crippen LogP contribution in [0.3, 0.4) is 0 Å². The first kappa shape index (κ1) is 24.8.